The van der Waals surface area contributed by atoms with Crippen molar-refractivity contribution < 1.29 is 33.5 Å². The molecular weight excluding hydrogens is 388 g/mol. The van der Waals surface area contributed by atoms with Gasteiger partial charge < -0.3 is 4.90 Å². The lowest BCUT2D eigenvalue weighted by Crippen LogP contribution is -2.68. The molecule has 0 aliphatic rings. The zero-order chi connectivity index (χ0) is 21.9. The van der Waals surface area contributed by atoms with Crippen LogP contribution in [0.4, 0.5) is 0 Å². The molecule has 1 rings (SSSR count). The van der Waals surface area contributed by atoms with E-state index in [0.717, 1.165) is 23.3 Å². The predicted molar refractivity (Wildman–Crippen MR) is 98.6 cm³/mol. The average molecular weight is 417 g/mol. The number of benzene rings is 1. The maximum absolute atomic E-state index is 8.49. The Morgan fingerprint density at radius 3 is 1.86 bits per heavy atom. The molecule has 0 saturated carbocycles. The van der Waals surface area contributed by atoms with E-state index in [0.29, 0.717) is 6.54 Å². The Balaban J connectivity index is 0.00000129. The molecule has 11 heteroatoms. The van der Waals surface area contributed by atoms with Crippen LogP contribution in [0.5, 0.6) is 0 Å². The van der Waals surface area contributed by atoms with Gasteiger partial charge in [0.25, 0.3) is 5.96 Å². The number of amidine groups is 1. The fourth-order valence-electron chi connectivity index (χ4n) is 2.00. The van der Waals surface area contributed by atoms with E-state index < -0.39 is 10.2 Å². The van der Waals surface area contributed by atoms with Crippen LogP contribution in [0.2, 0.25) is 0 Å². The van der Waals surface area contributed by atoms with E-state index in [1.54, 1.807) is 0 Å². The van der Waals surface area contributed by atoms with Gasteiger partial charge in [0, 0.05) is 26.2 Å². The first-order valence-corrected chi connectivity index (χ1v) is 9.56. The largest absolute Gasteiger partial charge is 0.392 e. The number of aliphatic imine (C=N–C) groups is 2. The zero-order valence-electron chi connectivity index (χ0n) is 17.3. The van der Waals surface area contributed by atoms with Gasteiger partial charge in [-0.3, -0.25) is 19.8 Å². The number of halogens is 1. The van der Waals surface area contributed by atoms with Crippen LogP contribution in [0.1, 0.15) is 12.5 Å². The summed E-state index contributed by atoms with van der Waals surface area (Å²) in [5.74, 6) is 2.40. The number of nitrogens with one attached hydrogen (secondary N) is 1. The molecule has 28 heavy (non-hydrogen) atoms. The molecule has 0 fully saturated rings. The highest BCUT2D eigenvalue weighted by molar-refractivity contribution is 6.10. The first kappa shape index (κ1) is 25.8. The second-order valence-electron chi connectivity index (χ2n) is 6.11. The van der Waals surface area contributed by atoms with Gasteiger partial charge in [-0.2, -0.15) is 0 Å². The van der Waals surface area contributed by atoms with Crippen molar-refractivity contribution >= 4 is 17.8 Å². The summed E-state index contributed by atoms with van der Waals surface area (Å²) in [5, 5.41) is 3.36. The molecule has 1 aromatic carbocycles. The van der Waals surface area contributed by atoms with E-state index in [-0.39, 0.29) is 0 Å². The molecule has 0 bridgehead atoms. The SMILES string of the molecule is CCN=C(N/C(=N\C(N(C)C)=[N+](C)C)N(C)C)c1ccccc1.[O-][Cl+3]([O-])([O-])[O-]. The lowest BCUT2D eigenvalue weighted by Gasteiger charge is -2.17. The Hall–Kier alpha value is -2.24. The van der Waals surface area contributed by atoms with Gasteiger partial charge in [-0.1, -0.05) is 30.3 Å². The molecular formula is C17H29ClN6O4. The molecule has 0 amide bonds. The molecule has 0 aromatic heterocycles. The summed E-state index contributed by atoms with van der Waals surface area (Å²) in [5.41, 5.74) is 1.04. The van der Waals surface area contributed by atoms with Crippen molar-refractivity contribution in [3.05, 3.63) is 35.9 Å². The number of hydrogen-bond acceptors (Lipinski definition) is 5. The number of nitrogens with zero attached hydrogens (tertiary/aromatic N) is 5. The molecule has 0 atom stereocenters. The van der Waals surface area contributed by atoms with E-state index in [9.17, 15) is 0 Å². The minimum atomic E-state index is -4.94. The van der Waals surface area contributed by atoms with Crippen LogP contribution >= 0.6 is 0 Å². The quantitative estimate of drug-likeness (QED) is 0.298. The minimum Gasteiger partial charge on any atom is -0.334 e. The van der Waals surface area contributed by atoms with E-state index >= 15 is 0 Å². The molecule has 0 aliphatic heterocycles. The van der Waals surface area contributed by atoms with Crippen molar-refractivity contribution in [1.82, 2.24) is 15.1 Å². The monoisotopic (exact) mass is 416 g/mol. The van der Waals surface area contributed by atoms with Crippen LogP contribution in [0.3, 0.4) is 0 Å². The highest BCUT2D eigenvalue weighted by Gasteiger charge is 2.17. The third-order valence-corrected chi connectivity index (χ3v) is 3.02. The Labute approximate surface area is 168 Å². The third-order valence-electron chi connectivity index (χ3n) is 3.02. The number of guanidine groups is 2. The topological polar surface area (TPSA) is 138 Å². The summed E-state index contributed by atoms with van der Waals surface area (Å²) in [4.78, 5) is 13.2. The highest BCUT2D eigenvalue weighted by atomic mass is 35.7. The normalized spacial score (nSPS) is 12.0. The van der Waals surface area contributed by atoms with Crippen molar-refractivity contribution in [3.63, 3.8) is 0 Å². The summed E-state index contributed by atoms with van der Waals surface area (Å²) in [7, 11) is 6.88. The van der Waals surface area contributed by atoms with Gasteiger partial charge in [0.15, 0.2) is 0 Å². The van der Waals surface area contributed by atoms with E-state index in [2.05, 4.69) is 10.3 Å². The fraction of sp³-hybridized carbons (Fsp3) is 0.471. The number of hydrogen-bond donors (Lipinski definition) is 1. The van der Waals surface area contributed by atoms with Crippen LogP contribution in [-0.4, -0.2) is 81.0 Å². The Morgan fingerprint density at radius 1 is 1.00 bits per heavy atom. The molecule has 0 aliphatic carbocycles. The second kappa shape index (κ2) is 12.3. The standard InChI is InChI=1S/C17H28N6.ClHO4/c1-8-18-15(14-12-10-9-11-13-14)19-16(21(2)3)20-17(22(4)5)23(6)7;2-1(3,4)5/h9-13H,8H2,1-7H3;(H,2,3,4,5). The average Bonchev–Trinajstić information content (AvgIpc) is 2.55. The van der Waals surface area contributed by atoms with Crippen molar-refractivity contribution in [2.45, 2.75) is 6.92 Å². The van der Waals surface area contributed by atoms with Crippen LogP contribution in [-0.2, 0) is 0 Å². The van der Waals surface area contributed by atoms with Crippen LogP contribution in [0.15, 0.2) is 40.3 Å². The van der Waals surface area contributed by atoms with E-state index in [1.165, 1.54) is 0 Å². The molecule has 10 nitrogen and oxygen atoms in total. The van der Waals surface area contributed by atoms with Crippen molar-refractivity contribution in [2.24, 2.45) is 9.98 Å². The van der Waals surface area contributed by atoms with Gasteiger partial charge in [-0.05, 0) is 11.9 Å². The molecule has 1 N–H and O–H groups in total. The van der Waals surface area contributed by atoms with Crippen molar-refractivity contribution in [2.75, 3.05) is 48.8 Å². The van der Waals surface area contributed by atoms with Crippen LogP contribution < -0.4 is 24.0 Å². The summed E-state index contributed by atoms with van der Waals surface area (Å²) in [6.07, 6.45) is 0. The minimum absolute atomic E-state index is 0.704. The Kier molecular flexibility index (Phi) is 11.3. The molecule has 0 radical (unpaired) electrons. The van der Waals surface area contributed by atoms with Crippen molar-refractivity contribution in [3.8, 4) is 0 Å². The predicted octanol–water partition coefficient (Wildman–Crippen LogP) is -3.61. The van der Waals surface area contributed by atoms with Gasteiger partial charge in [0.05, 0.1) is 28.2 Å². The number of rotatable bonds is 2. The fourth-order valence-corrected chi connectivity index (χ4v) is 2.00. The van der Waals surface area contributed by atoms with Crippen LogP contribution in [0.25, 0.3) is 0 Å². The van der Waals surface area contributed by atoms with Gasteiger partial charge in [-0.15, -0.1) is 10.2 Å². The van der Waals surface area contributed by atoms with Crippen molar-refractivity contribution in [1.29, 1.82) is 0 Å². The molecule has 0 saturated heterocycles. The first-order chi connectivity index (χ1) is 12.9. The molecule has 0 spiro atoms. The molecule has 1 aromatic rings. The summed E-state index contributed by atoms with van der Waals surface area (Å²) in [6, 6.07) is 10.1. The zero-order valence-corrected chi connectivity index (χ0v) is 18.1. The van der Waals surface area contributed by atoms with Crippen LogP contribution in [0, 0.1) is 10.2 Å². The lowest BCUT2D eigenvalue weighted by atomic mass is 10.2. The smallest absolute Gasteiger partial charge is 0.334 e. The molecule has 0 heterocycles. The first-order valence-electron chi connectivity index (χ1n) is 8.33. The lowest BCUT2D eigenvalue weighted by molar-refractivity contribution is -2.00. The second-order valence-corrected chi connectivity index (χ2v) is 6.87. The Bertz CT molecular complexity index is 675. The Morgan fingerprint density at radius 2 is 1.50 bits per heavy atom. The molecule has 0 unspecified atom stereocenters. The van der Waals surface area contributed by atoms with Gasteiger partial charge >= 0.3 is 5.96 Å². The summed E-state index contributed by atoms with van der Waals surface area (Å²) >= 11 is 0. The third kappa shape index (κ3) is 11.5. The maximum Gasteiger partial charge on any atom is 0.392 e. The van der Waals surface area contributed by atoms with E-state index in [4.69, 9.17) is 23.6 Å². The summed E-state index contributed by atoms with van der Waals surface area (Å²) in [6.45, 7) is 2.73. The van der Waals surface area contributed by atoms with Gasteiger partial charge in [-0.25, -0.2) is 18.6 Å². The maximum atomic E-state index is 8.49. The highest BCUT2D eigenvalue weighted by Crippen LogP contribution is 2.01. The van der Waals surface area contributed by atoms with E-state index in [1.807, 2.05) is 93.9 Å². The summed E-state index contributed by atoms with van der Waals surface area (Å²) < 4.78 is 35.9. The van der Waals surface area contributed by atoms with Gasteiger partial charge in [0.2, 0.25) is 0 Å². The molecule has 158 valence electrons. The van der Waals surface area contributed by atoms with Gasteiger partial charge in [0.1, 0.15) is 5.84 Å².